The maximum absolute atomic E-state index is 10.7. The molecule has 0 aliphatic rings. The van der Waals surface area contributed by atoms with Gasteiger partial charge in [0.1, 0.15) is 0 Å². The summed E-state index contributed by atoms with van der Waals surface area (Å²) in [7, 11) is 0. The molecule has 0 saturated carbocycles. The molecule has 3 nitrogen and oxygen atoms in total. The highest BCUT2D eigenvalue weighted by atomic mass is 16.3. The molecule has 0 radical (unpaired) electrons. The minimum Gasteiger partial charge on any atom is -0.493 e. The largest absolute Gasteiger partial charge is 0.493 e. The van der Waals surface area contributed by atoms with Crippen LogP contribution in [0.1, 0.15) is 62.9 Å². The quantitative estimate of drug-likeness (QED) is 0.875. The number of hydrogen-bond acceptors (Lipinski definition) is 2. The number of aryl methyl sites for hydroxylation is 2. The summed E-state index contributed by atoms with van der Waals surface area (Å²) in [4.78, 5) is 0. The van der Waals surface area contributed by atoms with Crippen LogP contribution in [-0.4, -0.2) is 14.9 Å². The van der Waals surface area contributed by atoms with E-state index in [1.54, 1.807) is 4.68 Å². The molecule has 0 spiro atoms. The van der Waals surface area contributed by atoms with E-state index in [4.69, 9.17) is 0 Å². The summed E-state index contributed by atoms with van der Waals surface area (Å²) in [6.45, 7) is 14.7. The van der Waals surface area contributed by atoms with E-state index in [9.17, 15) is 5.11 Å². The zero-order chi connectivity index (χ0) is 15.9. The molecule has 0 unspecified atom stereocenters. The third kappa shape index (κ3) is 2.82. The van der Waals surface area contributed by atoms with E-state index in [-0.39, 0.29) is 17.2 Å². The summed E-state index contributed by atoms with van der Waals surface area (Å²) < 4.78 is 1.67. The minimum atomic E-state index is -0.137. The predicted molar refractivity (Wildman–Crippen MR) is 87.5 cm³/mol. The minimum absolute atomic E-state index is 0.137. The number of nitrogens with zero attached hydrogens (tertiary/aromatic N) is 2. The van der Waals surface area contributed by atoms with Crippen molar-refractivity contribution in [3.8, 4) is 11.6 Å². The molecule has 0 amide bonds. The lowest BCUT2D eigenvalue weighted by molar-refractivity contribution is 0.413. The molecule has 114 valence electrons. The molecule has 2 rings (SSSR count). The molecule has 0 saturated heterocycles. The van der Waals surface area contributed by atoms with Gasteiger partial charge in [-0.05, 0) is 48.4 Å². The molecule has 0 atom stereocenters. The topological polar surface area (TPSA) is 38.0 Å². The second kappa shape index (κ2) is 5.21. The number of benzene rings is 1. The normalized spacial score (nSPS) is 12.2. The molecule has 0 fully saturated rings. The Morgan fingerprint density at radius 3 is 2.14 bits per heavy atom. The van der Waals surface area contributed by atoms with Crippen LogP contribution in [0.15, 0.2) is 18.2 Å². The molecule has 1 aromatic carbocycles. The summed E-state index contributed by atoms with van der Waals surface area (Å²) in [5.41, 5.74) is 5.13. The lowest BCUT2D eigenvalue weighted by atomic mass is 9.84. The molecule has 0 bridgehead atoms. The maximum atomic E-state index is 10.7. The van der Waals surface area contributed by atoms with E-state index < -0.39 is 0 Å². The molecule has 0 aliphatic carbocycles. The number of hydrogen-bond donors (Lipinski definition) is 1. The smallest absolute Gasteiger partial charge is 0.218 e. The highest BCUT2D eigenvalue weighted by molar-refractivity contribution is 5.47. The van der Waals surface area contributed by atoms with E-state index >= 15 is 0 Å². The molecule has 0 aliphatic heterocycles. The van der Waals surface area contributed by atoms with Crippen LogP contribution in [0.4, 0.5) is 0 Å². The Labute approximate surface area is 127 Å². The Kier molecular flexibility index (Phi) is 3.87. The SMILES string of the molecule is Cc1ccc(-n2nc(C(C)C)c(C(C)(C)C)c2O)cc1C. The Morgan fingerprint density at radius 1 is 1.10 bits per heavy atom. The summed E-state index contributed by atoms with van der Waals surface area (Å²) in [6, 6.07) is 6.14. The molecule has 1 aromatic heterocycles. The zero-order valence-corrected chi connectivity index (χ0v) is 14.2. The number of aromatic nitrogens is 2. The van der Waals surface area contributed by atoms with Crippen molar-refractivity contribution in [1.29, 1.82) is 0 Å². The van der Waals surface area contributed by atoms with Crippen molar-refractivity contribution < 1.29 is 5.11 Å². The van der Waals surface area contributed by atoms with Gasteiger partial charge in [-0.3, -0.25) is 0 Å². The van der Waals surface area contributed by atoms with Gasteiger partial charge in [0.25, 0.3) is 0 Å². The lowest BCUT2D eigenvalue weighted by Gasteiger charge is -2.20. The standard InChI is InChI=1S/C18H26N2O/c1-11(2)16-15(18(5,6)7)17(21)20(19-16)14-9-8-12(3)13(4)10-14/h8-11,21H,1-7H3. The van der Waals surface area contributed by atoms with Gasteiger partial charge in [-0.15, -0.1) is 0 Å². The van der Waals surface area contributed by atoms with Crippen LogP contribution >= 0.6 is 0 Å². The molecule has 21 heavy (non-hydrogen) atoms. The van der Waals surface area contributed by atoms with Crippen LogP contribution in [0.5, 0.6) is 5.88 Å². The highest BCUT2D eigenvalue weighted by Gasteiger charge is 2.29. The van der Waals surface area contributed by atoms with Gasteiger partial charge in [-0.2, -0.15) is 5.10 Å². The van der Waals surface area contributed by atoms with E-state index in [0.29, 0.717) is 0 Å². The fourth-order valence-electron chi connectivity index (χ4n) is 2.59. The predicted octanol–water partition coefficient (Wildman–Crippen LogP) is 4.62. The van der Waals surface area contributed by atoms with E-state index in [1.807, 2.05) is 6.07 Å². The van der Waals surface area contributed by atoms with Gasteiger partial charge in [0, 0.05) is 5.56 Å². The summed E-state index contributed by atoms with van der Waals surface area (Å²) in [5.74, 6) is 0.535. The highest BCUT2D eigenvalue weighted by Crippen LogP contribution is 2.38. The average Bonchev–Trinajstić information content (AvgIpc) is 2.70. The van der Waals surface area contributed by atoms with Crippen molar-refractivity contribution in [1.82, 2.24) is 9.78 Å². The van der Waals surface area contributed by atoms with Crippen LogP contribution in [0.25, 0.3) is 5.69 Å². The summed E-state index contributed by atoms with van der Waals surface area (Å²) in [5, 5.41) is 15.4. The van der Waals surface area contributed by atoms with Gasteiger partial charge in [0.05, 0.1) is 11.4 Å². The third-order valence-electron chi connectivity index (χ3n) is 3.92. The van der Waals surface area contributed by atoms with Crippen molar-refractivity contribution in [2.24, 2.45) is 0 Å². The van der Waals surface area contributed by atoms with E-state index in [1.165, 1.54) is 11.1 Å². The fraction of sp³-hybridized carbons (Fsp3) is 0.500. The monoisotopic (exact) mass is 286 g/mol. The van der Waals surface area contributed by atoms with Crippen molar-refractivity contribution in [2.45, 2.75) is 59.8 Å². The Morgan fingerprint density at radius 2 is 1.71 bits per heavy atom. The van der Waals surface area contributed by atoms with Crippen molar-refractivity contribution in [3.05, 3.63) is 40.6 Å². The Balaban J connectivity index is 2.68. The first-order valence-electron chi connectivity index (χ1n) is 7.53. The second-order valence-electron chi connectivity index (χ2n) is 7.17. The van der Waals surface area contributed by atoms with Crippen LogP contribution in [0, 0.1) is 13.8 Å². The summed E-state index contributed by atoms with van der Waals surface area (Å²) in [6.07, 6.45) is 0. The van der Waals surface area contributed by atoms with E-state index in [2.05, 4.69) is 65.7 Å². The first-order valence-corrected chi connectivity index (χ1v) is 7.53. The van der Waals surface area contributed by atoms with Crippen LogP contribution in [0.2, 0.25) is 0 Å². The summed E-state index contributed by atoms with van der Waals surface area (Å²) >= 11 is 0. The van der Waals surface area contributed by atoms with Gasteiger partial charge in [0.15, 0.2) is 0 Å². The van der Waals surface area contributed by atoms with Crippen molar-refractivity contribution >= 4 is 0 Å². The number of rotatable bonds is 2. The average molecular weight is 286 g/mol. The second-order valence-corrected chi connectivity index (χ2v) is 7.17. The first kappa shape index (κ1) is 15.6. The van der Waals surface area contributed by atoms with Gasteiger partial charge in [-0.1, -0.05) is 40.7 Å². The van der Waals surface area contributed by atoms with Gasteiger partial charge >= 0.3 is 0 Å². The van der Waals surface area contributed by atoms with Crippen molar-refractivity contribution in [2.75, 3.05) is 0 Å². The van der Waals surface area contributed by atoms with Crippen LogP contribution in [0.3, 0.4) is 0 Å². The number of aromatic hydroxyl groups is 1. The van der Waals surface area contributed by atoms with E-state index in [0.717, 1.165) is 16.9 Å². The lowest BCUT2D eigenvalue weighted by Crippen LogP contribution is -2.13. The van der Waals surface area contributed by atoms with Gasteiger partial charge in [-0.25, -0.2) is 4.68 Å². The molecule has 2 aromatic rings. The molecular formula is C18H26N2O. The van der Waals surface area contributed by atoms with Gasteiger partial charge in [0.2, 0.25) is 5.88 Å². The fourth-order valence-corrected chi connectivity index (χ4v) is 2.59. The maximum Gasteiger partial charge on any atom is 0.218 e. The molecule has 1 N–H and O–H groups in total. The zero-order valence-electron chi connectivity index (χ0n) is 14.2. The van der Waals surface area contributed by atoms with Gasteiger partial charge < -0.3 is 5.11 Å². The Hall–Kier alpha value is -1.77. The third-order valence-corrected chi connectivity index (χ3v) is 3.92. The Bertz CT molecular complexity index is 661. The van der Waals surface area contributed by atoms with Crippen LogP contribution in [-0.2, 0) is 5.41 Å². The first-order chi connectivity index (χ1) is 9.62. The van der Waals surface area contributed by atoms with Crippen molar-refractivity contribution in [3.63, 3.8) is 0 Å². The van der Waals surface area contributed by atoms with Crippen LogP contribution < -0.4 is 0 Å². The molecular weight excluding hydrogens is 260 g/mol. The molecule has 3 heteroatoms. The molecule has 1 heterocycles.